The Hall–Kier alpha value is -2.15. The van der Waals surface area contributed by atoms with Crippen LogP contribution >= 0.6 is 0 Å². The summed E-state index contributed by atoms with van der Waals surface area (Å²) in [5.41, 5.74) is 2.93. The van der Waals surface area contributed by atoms with Crippen LogP contribution < -0.4 is 10.7 Å². The summed E-state index contributed by atoms with van der Waals surface area (Å²) in [4.78, 5) is 41.9. The Morgan fingerprint density at radius 3 is 2.07 bits per heavy atom. The summed E-state index contributed by atoms with van der Waals surface area (Å²) >= 11 is 0. The maximum Gasteiger partial charge on any atom is 0.236 e. The molecule has 2 saturated carbocycles. The summed E-state index contributed by atoms with van der Waals surface area (Å²) in [5, 5.41) is 26.5. The molecular weight excluding hydrogens is 544 g/mol. The molecule has 4 N–H and O–H groups in total. The summed E-state index contributed by atoms with van der Waals surface area (Å²) in [6.45, 7) is 13.9. The van der Waals surface area contributed by atoms with Gasteiger partial charge in [0.15, 0.2) is 0 Å². The second kappa shape index (κ2) is 19.3. The van der Waals surface area contributed by atoms with Crippen LogP contribution in [-0.4, -0.2) is 82.3 Å². The molecule has 3 amide bonds. The molecule has 2 aliphatic carbocycles. The molecule has 0 aliphatic heterocycles. The lowest BCUT2D eigenvalue weighted by atomic mass is 9.74. The van der Waals surface area contributed by atoms with Gasteiger partial charge in [0.25, 0.3) is 0 Å². The number of hydrazine groups is 1. The van der Waals surface area contributed by atoms with Crippen molar-refractivity contribution >= 4 is 17.7 Å². The highest BCUT2D eigenvalue weighted by molar-refractivity contribution is 5.83. The number of hydrogen-bond acceptors (Lipinski definition) is 6. The van der Waals surface area contributed by atoms with Crippen LogP contribution in [0.2, 0.25) is 0 Å². The lowest BCUT2D eigenvalue weighted by Gasteiger charge is -2.37. The minimum Gasteiger partial charge on any atom is -0.393 e. The Morgan fingerprint density at radius 1 is 0.907 bits per heavy atom. The number of hydrogen-bond donors (Lipinski definition) is 4. The third-order valence-corrected chi connectivity index (χ3v) is 8.96. The summed E-state index contributed by atoms with van der Waals surface area (Å²) in [5.74, 6) is 5.59. The third kappa shape index (κ3) is 12.4. The van der Waals surface area contributed by atoms with Crippen molar-refractivity contribution in [1.82, 2.24) is 20.7 Å². The zero-order valence-corrected chi connectivity index (χ0v) is 27.7. The summed E-state index contributed by atoms with van der Waals surface area (Å²) in [6, 6.07) is -0.508. The summed E-state index contributed by atoms with van der Waals surface area (Å²) < 4.78 is 0. The molecule has 0 saturated heterocycles. The first-order valence-electron chi connectivity index (χ1n) is 17.0. The summed E-state index contributed by atoms with van der Waals surface area (Å²) in [7, 11) is 0. The average Bonchev–Trinajstić information content (AvgIpc) is 2.97. The van der Waals surface area contributed by atoms with Gasteiger partial charge in [0.05, 0.1) is 18.2 Å². The van der Waals surface area contributed by atoms with E-state index in [1.807, 2.05) is 25.7 Å². The van der Waals surface area contributed by atoms with E-state index >= 15 is 0 Å². The predicted octanol–water partition coefficient (Wildman–Crippen LogP) is 3.88. The van der Waals surface area contributed by atoms with Crippen molar-refractivity contribution in [2.24, 2.45) is 29.6 Å². The van der Waals surface area contributed by atoms with E-state index in [2.05, 4.69) is 36.4 Å². The monoisotopic (exact) mass is 604 g/mol. The largest absolute Gasteiger partial charge is 0.393 e. The lowest BCUT2D eigenvalue weighted by molar-refractivity contribution is -0.139. The molecule has 0 aromatic rings. The molecule has 9 nitrogen and oxygen atoms in total. The van der Waals surface area contributed by atoms with E-state index in [4.69, 9.17) is 0 Å². The minimum absolute atomic E-state index is 0.0250. The molecule has 0 radical (unpaired) electrons. The van der Waals surface area contributed by atoms with Gasteiger partial charge >= 0.3 is 0 Å². The van der Waals surface area contributed by atoms with E-state index in [-0.39, 0.29) is 60.0 Å². The average molecular weight is 605 g/mol. The van der Waals surface area contributed by atoms with Crippen molar-refractivity contribution in [3.8, 4) is 11.8 Å². The van der Waals surface area contributed by atoms with E-state index in [1.165, 1.54) is 0 Å². The van der Waals surface area contributed by atoms with Gasteiger partial charge in [-0.25, -0.2) is 5.01 Å². The van der Waals surface area contributed by atoms with Crippen molar-refractivity contribution < 1.29 is 24.6 Å². The SMILES string of the molecule is CC#CC1CC(C(=O)NC(CC2CCC(O)CC2)C(O)CN(CCC)NC(=O)C(C)C)CC(C(=O)N(CCC)CCC)C1. The second-order valence-electron chi connectivity index (χ2n) is 13.2. The van der Waals surface area contributed by atoms with Crippen molar-refractivity contribution in [2.45, 2.75) is 130 Å². The second-order valence-corrected chi connectivity index (χ2v) is 13.2. The van der Waals surface area contributed by atoms with Gasteiger partial charge in [0.1, 0.15) is 0 Å². The Morgan fingerprint density at radius 2 is 1.51 bits per heavy atom. The van der Waals surface area contributed by atoms with Crippen molar-refractivity contribution in [1.29, 1.82) is 0 Å². The molecule has 5 unspecified atom stereocenters. The minimum atomic E-state index is -0.897. The quantitative estimate of drug-likeness (QED) is 0.157. The topological polar surface area (TPSA) is 122 Å². The van der Waals surface area contributed by atoms with Gasteiger partial charge < -0.3 is 20.4 Å². The van der Waals surface area contributed by atoms with Gasteiger partial charge in [0.2, 0.25) is 17.7 Å². The lowest BCUT2D eigenvalue weighted by Crippen LogP contribution is -2.55. The van der Waals surface area contributed by atoms with Gasteiger partial charge in [-0.3, -0.25) is 19.8 Å². The van der Waals surface area contributed by atoms with Crippen LogP contribution in [-0.2, 0) is 14.4 Å². The van der Waals surface area contributed by atoms with Crippen LogP contribution in [0.15, 0.2) is 0 Å². The van der Waals surface area contributed by atoms with E-state index in [1.54, 1.807) is 11.9 Å². The number of carbonyl (C=O) groups is 3. The highest BCUT2D eigenvalue weighted by atomic mass is 16.3. The number of aliphatic hydroxyl groups excluding tert-OH is 2. The van der Waals surface area contributed by atoms with Gasteiger partial charge in [-0.15, -0.1) is 11.8 Å². The van der Waals surface area contributed by atoms with Crippen LogP contribution in [0.4, 0.5) is 0 Å². The maximum atomic E-state index is 13.9. The van der Waals surface area contributed by atoms with Gasteiger partial charge in [-0.2, -0.15) is 0 Å². The third-order valence-electron chi connectivity index (χ3n) is 8.96. The molecule has 2 aliphatic rings. The standard InChI is InChI=1S/C34H60N4O5/c1-7-11-26-19-27(22-28(20-26)34(43)37(16-8-2)17-9-3)33(42)35-30(21-25-12-14-29(39)15-13-25)31(40)23-38(18-10-4)36-32(41)24(5)6/h24-31,39-40H,8-10,12-23H2,1-6H3,(H,35,42)(H,36,41). The predicted molar refractivity (Wildman–Crippen MR) is 170 cm³/mol. The van der Waals surface area contributed by atoms with Gasteiger partial charge in [-0.1, -0.05) is 34.6 Å². The first-order chi connectivity index (χ1) is 20.5. The number of carbonyl (C=O) groups excluding carboxylic acids is 3. The molecule has 5 atom stereocenters. The zero-order chi connectivity index (χ0) is 31.9. The highest BCUT2D eigenvalue weighted by Gasteiger charge is 2.39. The fourth-order valence-electron chi connectivity index (χ4n) is 6.64. The number of nitrogens with one attached hydrogen (secondary N) is 2. The fourth-order valence-corrected chi connectivity index (χ4v) is 6.64. The number of nitrogens with zero attached hydrogens (tertiary/aromatic N) is 2. The molecule has 0 aromatic heterocycles. The molecule has 2 rings (SSSR count). The van der Waals surface area contributed by atoms with E-state index in [9.17, 15) is 24.6 Å². The molecule has 9 heteroatoms. The Balaban J connectivity index is 2.23. The van der Waals surface area contributed by atoms with Crippen molar-refractivity contribution in [3.63, 3.8) is 0 Å². The molecule has 0 bridgehead atoms. The Labute approximate surface area is 260 Å². The highest BCUT2D eigenvalue weighted by Crippen LogP contribution is 2.35. The van der Waals surface area contributed by atoms with E-state index < -0.39 is 12.1 Å². The van der Waals surface area contributed by atoms with E-state index in [0.29, 0.717) is 32.2 Å². The van der Waals surface area contributed by atoms with Crippen molar-refractivity contribution in [3.05, 3.63) is 0 Å². The van der Waals surface area contributed by atoms with Crippen LogP contribution in [0.5, 0.6) is 0 Å². The van der Waals surface area contributed by atoms with Crippen LogP contribution in [0.25, 0.3) is 0 Å². The summed E-state index contributed by atoms with van der Waals surface area (Å²) in [6.07, 6.45) is 6.92. The number of amides is 3. The molecule has 0 heterocycles. The van der Waals surface area contributed by atoms with Crippen LogP contribution in [0, 0.1) is 41.4 Å². The van der Waals surface area contributed by atoms with Crippen LogP contribution in [0.1, 0.15) is 112 Å². The maximum absolute atomic E-state index is 13.9. The molecular formula is C34H60N4O5. The van der Waals surface area contributed by atoms with Gasteiger partial charge in [0, 0.05) is 49.9 Å². The first-order valence-corrected chi connectivity index (χ1v) is 17.0. The van der Waals surface area contributed by atoms with Crippen molar-refractivity contribution in [2.75, 3.05) is 26.2 Å². The normalized spacial score (nSPS) is 25.4. The fraction of sp³-hybridized carbons (Fsp3) is 0.853. The molecule has 43 heavy (non-hydrogen) atoms. The Bertz CT molecular complexity index is 917. The number of rotatable bonds is 16. The molecule has 0 spiro atoms. The van der Waals surface area contributed by atoms with Gasteiger partial charge in [-0.05, 0) is 83.5 Å². The van der Waals surface area contributed by atoms with Crippen LogP contribution in [0.3, 0.4) is 0 Å². The van der Waals surface area contributed by atoms with E-state index in [0.717, 1.165) is 58.0 Å². The smallest absolute Gasteiger partial charge is 0.236 e. The molecule has 0 aromatic carbocycles. The molecule has 246 valence electrons. The first kappa shape index (κ1) is 37.0. The molecule has 2 fully saturated rings. The number of aliphatic hydroxyl groups is 2. The zero-order valence-electron chi connectivity index (χ0n) is 27.7. The Kier molecular flexibility index (Phi) is 16.6.